The quantitative estimate of drug-likeness (QED) is 0.805. The van der Waals surface area contributed by atoms with Crippen molar-refractivity contribution in [2.75, 3.05) is 5.32 Å². The van der Waals surface area contributed by atoms with Gasteiger partial charge in [-0.1, -0.05) is 24.1 Å². The molecule has 0 aromatic heterocycles. The summed E-state index contributed by atoms with van der Waals surface area (Å²) < 4.78 is 28.8. The number of rotatable bonds is 2. The van der Waals surface area contributed by atoms with E-state index >= 15 is 0 Å². The number of aryl methyl sites for hydroxylation is 1. The van der Waals surface area contributed by atoms with Crippen LogP contribution in [0.15, 0.2) is 30.3 Å². The highest BCUT2D eigenvalue weighted by atomic mass is 19.1. The fourth-order valence-electron chi connectivity index (χ4n) is 4.44. The standard InChI is InChI=1S/C20H19F2NO2/c1-10-5-6-18-13(7-10)11-3-2-4-12(11)19(23-18)14-8-17(22)15(20(24)25)9-16(14)21/h5-9,11-12,19,23H,2-4H2,1H3,(H,24,25)/t11-,12+,19-/m1/s1. The van der Waals surface area contributed by atoms with E-state index in [1.54, 1.807) is 0 Å². The van der Waals surface area contributed by atoms with Gasteiger partial charge in [-0.15, -0.1) is 0 Å². The van der Waals surface area contributed by atoms with Gasteiger partial charge in [0.15, 0.2) is 0 Å². The van der Waals surface area contributed by atoms with Crippen molar-refractivity contribution >= 4 is 11.7 Å². The lowest BCUT2D eigenvalue weighted by Crippen LogP contribution is -2.29. The second kappa shape index (κ2) is 5.83. The van der Waals surface area contributed by atoms with Crippen molar-refractivity contribution in [3.8, 4) is 0 Å². The van der Waals surface area contributed by atoms with Gasteiger partial charge in [0, 0.05) is 11.3 Å². The van der Waals surface area contributed by atoms with Crippen LogP contribution in [0.2, 0.25) is 0 Å². The number of benzene rings is 2. The molecule has 130 valence electrons. The molecule has 0 radical (unpaired) electrons. The van der Waals surface area contributed by atoms with Crippen LogP contribution in [-0.4, -0.2) is 11.1 Å². The Morgan fingerprint density at radius 2 is 1.92 bits per heavy atom. The van der Waals surface area contributed by atoms with Gasteiger partial charge in [0.05, 0.1) is 11.6 Å². The van der Waals surface area contributed by atoms with E-state index in [4.69, 9.17) is 5.11 Å². The van der Waals surface area contributed by atoms with Gasteiger partial charge < -0.3 is 10.4 Å². The second-order valence-corrected chi connectivity index (χ2v) is 7.07. The Hall–Kier alpha value is -2.43. The minimum atomic E-state index is -1.46. The lowest BCUT2D eigenvalue weighted by molar-refractivity contribution is 0.0691. The first-order chi connectivity index (χ1) is 12.0. The molecule has 0 amide bonds. The number of nitrogens with one attached hydrogen (secondary N) is 1. The second-order valence-electron chi connectivity index (χ2n) is 7.07. The lowest BCUT2D eigenvalue weighted by atomic mass is 9.76. The largest absolute Gasteiger partial charge is 0.478 e. The number of hydrogen-bond acceptors (Lipinski definition) is 2. The Balaban J connectivity index is 1.80. The highest BCUT2D eigenvalue weighted by molar-refractivity contribution is 5.88. The maximum atomic E-state index is 14.6. The molecule has 1 aliphatic heterocycles. The monoisotopic (exact) mass is 343 g/mol. The summed E-state index contributed by atoms with van der Waals surface area (Å²) in [5.41, 5.74) is 2.98. The van der Waals surface area contributed by atoms with Crippen LogP contribution in [0, 0.1) is 24.5 Å². The van der Waals surface area contributed by atoms with Crippen molar-refractivity contribution in [2.24, 2.45) is 5.92 Å². The third-order valence-corrected chi connectivity index (χ3v) is 5.57. The number of carboxylic acid groups (broad SMARTS) is 1. The first-order valence-corrected chi connectivity index (χ1v) is 8.55. The number of carbonyl (C=O) groups is 1. The molecule has 0 unspecified atom stereocenters. The summed E-state index contributed by atoms with van der Waals surface area (Å²) in [6, 6.07) is 7.66. The molecule has 2 aromatic rings. The van der Waals surface area contributed by atoms with Gasteiger partial charge in [-0.05, 0) is 55.4 Å². The molecule has 2 N–H and O–H groups in total. The molecule has 3 atom stereocenters. The molecule has 2 aromatic carbocycles. The summed E-state index contributed by atoms with van der Waals surface area (Å²) in [4.78, 5) is 11.0. The zero-order chi connectivity index (χ0) is 17.7. The topological polar surface area (TPSA) is 49.3 Å². The molecular weight excluding hydrogens is 324 g/mol. The van der Waals surface area contributed by atoms with Crippen LogP contribution in [0.3, 0.4) is 0 Å². The lowest BCUT2D eigenvalue weighted by Gasteiger charge is -2.38. The number of halogens is 2. The highest BCUT2D eigenvalue weighted by Gasteiger charge is 2.41. The SMILES string of the molecule is Cc1ccc2c(c1)[C@@H]1CCC[C@@H]1[C@H](c1cc(F)c(C(=O)O)cc1F)N2. The summed E-state index contributed by atoms with van der Waals surface area (Å²) >= 11 is 0. The Kier molecular flexibility index (Phi) is 3.74. The average Bonchev–Trinajstić information content (AvgIpc) is 3.06. The van der Waals surface area contributed by atoms with Crippen LogP contribution in [0.5, 0.6) is 0 Å². The molecule has 5 heteroatoms. The Morgan fingerprint density at radius 1 is 1.12 bits per heavy atom. The fraction of sp³-hybridized carbons (Fsp3) is 0.350. The summed E-state index contributed by atoms with van der Waals surface area (Å²) in [6.45, 7) is 2.05. The maximum absolute atomic E-state index is 14.6. The number of carboxylic acids is 1. The van der Waals surface area contributed by atoms with Gasteiger partial charge in [-0.25, -0.2) is 13.6 Å². The Bertz CT molecular complexity index is 865. The van der Waals surface area contributed by atoms with E-state index in [0.717, 1.165) is 37.1 Å². The summed E-state index contributed by atoms with van der Waals surface area (Å²) in [5, 5.41) is 12.3. The first-order valence-electron chi connectivity index (χ1n) is 8.55. The molecule has 25 heavy (non-hydrogen) atoms. The maximum Gasteiger partial charge on any atom is 0.338 e. The highest BCUT2D eigenvalue weighted by Crippen LogP contribution is 2.53. The minimum absolute atomic E-state index is 0.180. The minimum Gasteiger partial charge on any atom is -0.478 e. The van der Waals surface area contributed by atoms with Gasteiger partial charge in [-0.3, -0.25) is 0 Å². The molecular formula is C20H19F2NO2. The molecule has 0 bridgehead atoms. The predicted molar refractivity (Wildman–Crippen MR) is 90.9 cm³/mol. The molecule has 1 saturated carbocycles. The van der Waals surface area contributed by atoms with Gasteiger partial charge in [0.1, 0.15) is 11.6 Å². The predicted octanol–water partition coefficient (Wildman–Crippen LogP) is 5.02. The summed E-state index contributed by atoms with van der Waals surface area (Å²) in [7, 11) is 0. The number of anilines is 1. The Morgan fingerprint density at radius 3 is 2.68 bits per heavy atom. The van der Waals surface area contributed by atoms with Crippen LogP contribution < -0.4 is 5.32 Å². The molecule has 0 saturated heterocycles. The molecule has 1 fully saturated rings. The van der Waals surface area contributed by atoms with Crippen molar-refractivity contribution in [2.45, 2.75) is 38.1 Å². The van der Waals surface area contributed by atoms with Crippen molar-refractivity contribution in [1.29, 1.82) is 0 Å². The van der Waals surface area contributed by atoms with E-state index in [-0.39, 0.29) is 17.5 Å². The Labute approximate surface area is 144 Å². The van der Waals surface area contributed by atoms with Gasteiger partial charge in [0.2, 0.25) is 0 Å². The molecule has 1 aliphatic carbocycles. The van der Waals surface area contributed by atoms with E-state index in [2.05, 4.69) is 18.3 Å². The van der Waals surface area contributed by atoms with Crippen molar-refractivity contribution in [1.82, 2.24) is 0 Å². The average molecular weight is 343 g/mol. The molecule has 0 spiro atoms. The van der Waals surface area contributed by atoms with Crippen LogP contribution in [0.1, 0.15) is 58.3 Å². The molecule has 3 nitrogen and oxygen atoms in total. The number of fused-ring (bicyclic) bond motifs is 3. The van der Waals surface area contributed by atoms with Crippen LogP contribution in [-0.2, 0) is 0 Å². The zero-order valence-electron chi connectivity index (χ0n) is 13.9. The number of hydrogen-bond donors (Lipinski definition) is 2. The number of aromatic carboxylic acids is 1. The molecule has 1 heterocycles. The normalized spacial score (nSPS) is 24.4. The molecule has 4 rings (SSSR count). The van der Waals surface area contributed by atoms with E-state index in [1.165, 1.54) is 11.1 Å². The van der Waals surface area contributed by atoms with Gasteiger partial charge in [-0.2, -0.15) is 0 Å². The third kappa shape index (κ3) is 2.58. The van der Waals surface area contributed by atoms with Crippen LogP contribution >= 0.6 is 0 Å². The van der Waals surface area contributed by atoms with E-state index in [0.29, 0.717) is 5.92 Å². The smallest absolute Gasteiger partial charge is 0.338 e. The fourth-order valence-corrected chi connectivity index (χ4v) is 4.44. The van der Waals surface area contributed by atoms with E-state index in [1.807, 2.05) is 12.1 Å². The van der Waals surface area contributed by atoms with Crippen LogP contribution in [0.25, 0.3) is 0 Å². The van der Waals surface area contributed by atoms with Crippen molar-refractivity contribution < 1.29 is 18.7 Å². The summed E-state index contributed by atoms with van der Waals surface area (Å²) in [5.74, 6) is -2.52. The van der Waals surface area contributed by atoms with Crippen molar-refractivity contribution in [3.05, 3.63) is 64.2 Å². The third-order valence-electron chi connectivity index (χ3n) is 5.57. The van der Waals surface area contributed by atoms with Crippen LogP contribution in [0.4, 0.5) is 14.5 Å². The zero-order valence-corrected chi connectivity index (χ0v) is 13.9. The van der Waals surface area contributed by atoms with Gasteiger partial charge in [0.25, 0.3) is 0 Å². The van der Waals surface area contributed by atoms with Gasteiger partial charge >= 0.3 is 5.97 Å². The summed E-state index contributed by atoms with van der Waals surface area (Å²) in [6.07, 6.45) is 3.03. The van der Waals surface area contributed by atoms with Crippen molar-refractivity contribution in [3.63, 3.8) is 0 Å². The first kappa shape index (κ1) is 16.1. The van der Waals surface area contributed by atoms with E-state index in [9.17, 15) is 13.6 Å². The molecule has 2 aliphatic rings. The van der Waals surface area contributed by atoms with E-state index < -0.39 is 23.2 Å².